The molecular weight excluding hydrogens is 262 g/mol. The topological polar surface area (TPSA) is 35.6 Å². The molecule has 21 heavy (non-hydrogen) atoms. The molecule has 2 aliphatic rings. The Bertz CT molecular complexity index is 507. The highest BCUT2D eigenvalue weighted by atomic mass is 16.2. The smallest absolute Gasteiger partial charge is 0.222 e. The molecule has 0 aromatic heterocycles. The number of amides is 1. The lowest BCUT2D eigenvalue weighted by atomic mass is 9.97. The van der Waals surface area contributed by atoms with Crippen molar-refractivity contribution in [3.05, 3.63) is 34.9 Å². The third-order valence-electron chi connectivity index (χ3n) is 4.64. The number of likely N-dealkylation sites (N-methyl/N-ethyl adjacent to an activating group) is 1. The summed E-state index contributed by atoms with van der Waals surface area (Å²) < 4.78 is 0. The molecule has 0 bridgehead atoms. The Labute approximate surface area is 127 Å². The summed E-state index contributed by atoms with van der Waals surface area (Å²) in [6, 6.07) is 6.71. The largest absolute Gasteiger partial charge is 0.340 e. The Balaban J connectivity index is 1.54. The number of nitrogens with one attached hydrogen (secondary N) is 1. The Kier molecular flexibility index (Phi) is 4.56. The van der Waals surface area contributed by atoms with Gasteiger partial charge in [0.05, 0.1) is 0 Å². The van der Waals surface area contributed by atoms with E-state index in [9.17, 15) is 4.79 Å². The lowest BCUT2D eigenvalue weighted by Crippen LogP contribution is -2.47. The lowest BCUT2D eigenvalue weighted by Gasteiger charge is -2.32. The van der Waals surface area contributed by atoms with E-state index in [0.29, 0.717) is 12.3 Å². The summed E-state index contributed by atoms with van der Waals surface area (Å²) in [6.07, 6.45) is 2.62. The van der Waals surface area contributed by atoms with Crippen LogP contribution in [-0.4, -0.2) is 55.5 Å². The molecule has 1 amide bonds. The molecule has 0 radical (unpaired) electrons. The zero-order valence-electron chi connectivity index (χ0n) is 12.9. The monoisotopic (exact) mass is 287 g/mol. The average Bonchev–Trinajstić information content (AvgIpc) is 2.53. The SMILES string of the molecule is CN1CCN(C(=O)CCc2ccc3c(c2)CNCC3)CC1. The average molecular weight is 287 g/mol. The van der Waals surface area contributed by atoms with Gasteiger partial charge in [0.15, 0.2) is 0 Å². The number of piperazine rings is 1. The van der Waals surface area contributed by atoms with Gasteiger partial charge in [-0.05, 0) is 43.1 Å². The molecule has 1 fully saturated rings. The van der Waals surface area contributed by atoms with Crippen molar-refractivity contribution in [3.63, 3.8) is 0 Å². The van der Waals surface area contributed by atoms with E-state index in [1.165, 1.54) is 16.7 Å². The summed E-state index contributed by atoms with van der Waals surface area (Å²) in [5.41, 5.74) is 4.16. The van der Waals surface area contributed by atoms with Crippen LogP contribution in [0, 0.1) is 0 Å². The van der Waals surface area contributed by atoms with Crippen LogP contribution in [0.1, 0.15) is 23.1 Å². The third kappa shape index (κ3) is 3.63. The fourth-order valence-electron chi connectivity index (χ4n) is 3.15. The second-order valence-corrected chi connectivity index (χ2v) is 6.21. The highest BCUT2D eigenvalue weighted by Crippen LogP contribution is 2.17. The van der Waals surface area contributed by atoms with Crippen LogP contribution in [0.3, 0.4) is 0 Å². The second kappa shape index (κ2) is 6.58. The van der Waals surface area contributed by atoms with Crippen LogP contribution >= 0.6 is 0 Å². The molecule has 4 nitrogen and oxygen atoms in total. The molecule has 0 aliphatic carbocycles. The van der Waals surface area contributed by atoms with Gasteiger partial charge < -0.3 is 15.1 Å². The molecule has 0 spiro atoms. The summed E-state index contributed by atoms with van der Waals surface area (Å²) in [6.45, 7) is 5.79. The van der Waals surface area contributed by atoms with Crippen molar-refractivity contribution >= 4 is 5.91 Å². The quantitative estimate of drug-likeness (QED) is 0.902. The normalized spacial score (nSPS) is 19.4. The molecule has 1 aromatic rings. The highest BCUT2D eigenvalue weighted by Gasteiger charge is 2.18. The van der Waals surface area contributed by atoms with Gasteiger partial charge in [-0.25, -0.2) is 0 Å². The molecule has 4 heteroatoms. The van der Waals surface area contributed by atoms with Crippen molar-refractivity contribution in [2.75, 3.05) is 39.8 Å². The second-order valence-electron chi connectivity index (χ2n) is 6.21. The molecule has 0 saturated carbocycles. The fraction of sp³-hybridized carbons (Fsp3) is 0.588. The van der Waals surface area contributed by atoms with Crippen molar-refractivity contribution in [3.8, 4) is 0 Å². The molecule has 1 N–H and O–H groups in total. The van der Waals surface area contributed by atoms with Gasteiger partial charge >= 0.3 is 0 Å². The summed E-state index contributed by atoms with van der Waals surface area (Å²) in [5.74, 6) is 0.305. The minimum absolute atomic E-state index is 0.305. The van der Waals surface area contributed by atoms with Crippen molar-refractivity contribution in [2.45, 2.75) is 25.8 Å². The molecule has 3 rings (SSSR count). The maximum absolute atomic E-state index is 12.3. The summed E-state index contributed by atoms with van der Waals surface area (Å²) in [7, 11) is 2.11. The molecule has 1 saturated heterocycles. The fourth-order valence-corrected chi connectivity index (χ4v) is 3.15. The van der Waals surface area contributed by atoms with Gasteiger partial charge in [0.1, 0.15) is 0 Å². The highest BCUT2D eigenvalue weighted by molar-refractivity contribution is 5.76. The van der Waals surface area contributed by atoms with Crippen LogP contribution in [-0.2, 0) is 24.2 Å². The predicted molar refractivity (Wildman–Crippen MR) is 84.3 cm³/mol. The molecule has 2 heterocycles. The number of hydrogen-bond acceptors (Lipinski definition) is 3. The van der Waals surface area contributed by atoms with Crippen LogP contribution in [0.25, 0.3) is 0 Å². The molecule has 0 unspecified atom stereocenters. The zero-order valence-corrected chi connectivity index (χ0v) is 12.9. The molecule has 1 aromatic carbocycles. The van der Waals surface area contributed by atoms with Crippen LogP contribution in [0.4, 0.5) is 0 Å². The van der Waals surface area contributed by atoms with E-state index in [2.05, 4.69) is 35.5 Å². The van der Waals surface area contributed by atoms with Crippen molar-refractivity contribution in [1.29, 1.82) is 0 Å². The predicted octanol–water partition coefficient (Wildman–Crippen LogP) is 1.04. The van der Waals surface area contributed by atoms with E-state index in [1.807, 2.05) is 4.90 Å². The van der Waals surface area contributed by atoms with Crippen molar-refractivity contribution in [1.82, 2.24) is 15.1 Å². The van der Waals surface area contributed by atoms with Crippen LogP contribution in [0.15, 0.2) is 18.2 Å². The number of aryl methyl sites for hydroxylation is 1. The lowest BCUT2D eigenvalue weighted by molar-refractivity contribution is -0.132. The van der Waals surface area contributed by atoms with E-state index in [0.717, 1.165) is 52.1 Å². The molecule has 0 atom stereocenters. The van der Waals surface area contributed by atoms with E-state index in [4.69, 9.17) is 0 Å². The van der Waals surface area contributed by atoms with Gasteiger partial charge in [0.2, 0.25) is 5.91 Å². The van der Waals surface area contributed by atoms with Gasteiger partial charge in [0, 0.05) is 39.1 Å². The summed E-state index contributed by atoms with van der Waals surface area (Å²) >= 11 is 0. The minimum Gasteiger partial charge on any atom is -0.340 e. The zero-order chi connectivity index (χ0) is 14.7. The van der Waals surface area contributed by atoms with E-state index in [-0.39, 0.29) is 0 Å². The first-order chi connectivity index (χ1) is 10.2. The van der Waals surface area contributed by atoms with Crippen molar-refractivity contribution < 1.29 is 4.79 Å². The number of rotatable bonds is 3. The van der Waals surface area contributed by atoms with Crippen molar-refractivity contribution in [2.24, 2.45) is 0 Å². The number of fused-ring (bicyclic) bond motifs is 1. The first kappa shape index (κ1) is 14.5. The maximum atomic E-state index is 12.3. The van der Waals surface area contributed by atoms with Gasteiger partial charge in [-0.15, -0.1) is 0 Å². The Morgan fingerprint density at radius 2 is 2.00 bits per heavy atom. The summed E-state index contributed by atoms with van der Waals surface area (Å²) in [5, 5.41) is 3.41. The number of carbonyl (C=O) groups is 1. The van der Waals surface area contributed by atoms with Crippen LogP contribution < -0.4 is 5.32 Å². The van der Waals surface area contributed by atoms with Crippen LogP contribution in [0.2, 0.25) is 0 Å². The van der Waals surface area contributed by atoms with Gasteiger partial charge in [-0.1, -0.05) is 18.2 Å². The van der Waals surface area contributed by atoms with Crippen LogP contribution in [0.5, 0.6) is 0 Å². The van der Waals surface area contributed by atoms with Gasteiger partial charge in [0.25, 0.3) is 0 Å². The molecule has 2 aliphatic heterocycles. The van der Waals surface area contributed by atoms with E-state index >= 15 is 0 Å². The number of carbonyl (C=O) groups excluding carboxylic acids is 1. The van der Waals surface area contributed by atoms with Gasteiger partial charge in [-0.3, -0.25) is 4.79 Å². The maximum Gasteiger partial charge on any atom is 0.222 e. The van der Waals surface area contributed by atoms with E-state index < -0.39 is 0 Å². The molecule has 114 valence electrons. The minimum atomic E-state index is 0.305. The Hall–Kier alpha value is -1.39. The molecular formula is C17H25N3O. The van der Waals surface area contributed by atoms with Gasteiger partial charge in [-0.2, -0.15) is 0 Å². The first-order valence-electron chi connectivity index (χ1n) is 8.00. The standard InChI is InChI=1S/C17H25N3O/c1-19-8-10-20(11-9-19)17(21)5-3-14-2-4-15-6-7-18-13-16(15)12-14/h2,4,12,18H,3,5-11,13H2,1H3. The third-order valence-corrected chi connectivity index (χ3v) is 4.64. The van der Waals surface area contributed by atoms with E-state index in [1.54, 1.807) is 0 Å². The number of hydrogen-bond donors (Lipinski definition) is 1. The number of benzene rings is 1. The number of nitrogens with zero attached hydrogens (tertiary/aromatic N) is 2. The summed E-state index contributed by atoms with van der Waals surface area (Å²) in [4.78, 5) is 16.6. The Morgan fingerprint density at radius 1 is 1.19 bits per heavy atom. The Morgan fingerprint density at radius 3 is 2.81 bits per heavy atom. The first-order valence-corrected chi connectivity index (χ1v) is 8.00.